The summed E-state index contributed by atoms with van der Waals surface area (Å²) in [7, 11) is 0. The van der Waals surface area contributed by atoms with E-state index in [0.29, 0.717) is 11.6 Å². The van der Waals surface area contributed by atoms with Gasteiger partial charge >= 0.3 is 0 Å². The first kappa shape index (κ1) is 17.0. The van der Waals surface area contributed by atoms with Crippen molar-refractivity contribution in [2.24, 2.45) is 4.99 Å². The molecule has 0 bridgehead atoms. The summed E-state index contributed by atoms with van der Waals surface area (Å²) in [5.41, 5.74) is 5.12. The van der Waals surface area contributed by atoms with Gasteiger partial charge in [0, 0.05) is 16.1 Å². The molecule has 0 saturated carbocycles. The van der Waals surface area contributed by atoms with E-state index in [1.54, 1.807) is 0 Å². The van der Waals surface area contributed by atoms with Crippen molar-refractivity contribution in [2.45, 2.75) is 13.5 Å². The number of aryl methyl sites for hydroxylation is 1. The monoisotopic (exact) mass is 343 g/mol. The second-order valence-electron chi connectivity index (χ2n) is 5.77. The summed E-state index contributed by atoms with van der Waals surface area (Å²) in [6.45, 7) is 2.68. The van der Waals surface area contributed by atoms with E-state index in [4.69, 9.17) is 16.6 Å². The Labute approximate surface area is 154 Å². The summed E-state index contributed by atoms with van der Waals surface area (Å²) >= 11 is 6.00. The lowest BCUT2D eigenvalue weighted by molar-refractivity contribution is 1.07. The number of hydrogen-bond acceptors (Lipinski definition) is 1. The normalized spacial score (nSPS) is 10.9. The molecule has 0 aliphatic carbocycles. The molecule has 1 nitrogen and oxygen atoms in total. The highest BCUT2D eigenvalue weighted by molar-refractivity contribution is 6.30. The SMILES string of the molecule is Cc1ccc(CN=C(C#Cc2ccccc2)c2ccc(Cl)cc2)cc1. The summed E-state index contributed by atoms with van der Waals surface area (Å²) in [6.07, 6.45) is 0. The molecule has 3 aromatic rings. The second kappa shape index (κ2) is 8.33. The molecule has 0 amide bonds. The van der Waals surface area contributed by atoms with Gasteiger partial charge in [0.1, 0.15) is 5.71 Å². The number of aliphatic imine (C=N–C) groups is 1. The van der Waals surface area contributed by atoms with E-state index in [1.807, 2.05) is 54.6 Å². The molecular weight excluding hydrogens is 326 g/mol. The van der Waals surface area contributed by atoms with Crippen LogP contribution in [0.3, 0.4) is 0 Å². The van der Waals surface area contributed by atoms with Gasteiger partial charge in [-0.3, -0.25) is 4.99 Å². The lowest BCUT2D eigenvalue weighted by Crippen LogP contribution is -1.99. The van der Waals surface area contributed by atoms with Crippen LogP contribution >= 0.6 is 11.6 Å². The van der Waals surface area contributed by atoms with Gasteiger partial charge in [0.05, 0.1) is 6.54 Å². The third kappa shape index (κ3) is 5.08. The van der Waals surface area contributed by atoms with Crippen molar-refractivity contribution in [1.29, 1.82) is 0 Å². The Balaban J connectivity index is 1.91. The molecule has 0 aliphatic rings. The minimum Gasteiger partial charge on any atom is -0.271 e. The first-order chi connectivity index (χ1) is 12.2. The smallest absolute Gasteiger partial charge is 0.115 e. The maximum Gasteiger partial charge on any atom is 0.115 e. The minimum absolute atomic E-state index is 0.599. The van der Waals surface area contributed by atoms with E-state index in [2.05, 4.69) is 43.0 Å². The van der Waals surface area contributed by atoms with E-state index < -0.39 is 0 Å². The van der Waals surface area contributed by atoms with E-state index in [-0.39, 0.29) is 0 Å². The maximum absolute atomic E-state index is 6.00. The van der Waals surface area contributed by atoms with Gasteiger partial charge in [-0.15, -0.1) is 0 Å². The molecule has 0 heterocycles. The summed E-state index contributed by atoms with van der Waals surface area (Å²) in [4.78, 5) is 4.74. The van der Waals surface area contributed by atoms with Crippen molar-refractivity contribution in [3.05, 3.63) is 106 Å². The summed E-state index contributed by atoms with van der Waals surface area (Å²) in [5, 5.41) is 0.706. The van der Waals surface area contributed by atoms with Crippen LogP contribution in [0.1, 0.15) is 22.3 Å². The van der Waals surface area contributed by atoms with E-state index in [0.717, 1.165) is 16.8 Å². The van der Waals surface area contributed by atoms with E-state index in [1.165, 1.54) is 11.1 Å². The van der Waals surface area contributed by atoms with Crippen molar-refractivity contribution < 1.29 is 0 Å². The molecule has 25 heavy (non-hydrogen) atoms. The second-order valence-corrected chi connectivity index (χ2v) is 6.21. The number of rotatable bonds is 3. The number of nitrogens with zero attached hydrogens (tertiary/aromatic N) is 1. The van der Waals surface area contributed by atoms with Gasteiger partial charge in [-0.1, -0.05) is 77.7 Å². The number of halogens is 1. The van der Waals surface area contributed by atoms with Crippen LogP contribution in [-0.4, -0.2) is 5.71 Å². The molecule has 0 N–H and O–H groups in total. The van der Waals surface area contributed by atoms with Crippen molar-refractivity contribution >= 4 is 17.3 Å². The standard InChI is InChI=1S/C23H18ClN/c1-18-7-9-20(10-8-18)17-25-23(21-12-14-22(24)15-13-21)16-11-19-5-3-2-4-6-19/h2-10,12-15H,17H2,1H3. The van der Waals surface area contributed by atoms with Crippen LogP contribution in [0, 0.1) is 18.8 Å². The predicted octanol–water partition coefficient (Wildman–Crippen LogP) is 5.69. The van der Waals surface area contributed by atoms with Crippen molar-refractivity contribution in [1.82, 2.24) is 0 Å². The van der Waals surface area contributed by atoms with Gasteiger partial charge in [-0.05, 0) is 42.7 Å². The van der Waals surface area contributed by atoms with Gasteiger partial charge in [0.2, 0.25) is 0 Å². The Morgan fingerprint density at radius 2 is 1.56 bits per heavy atom. The third-order valence-electron chi connectivity index (χ3n) is 3.76. The van der Waals surface area contributed by atoms with Crippen LogP contribution in [0.5, 0.6) is 0 Å². The third-order valence-corrected chi connectivity index (χ3v) is 4.01. The summed E-state index contributed by atoms with van der Waals surface area (Å²) in [5.74, 6) is 6.40. The Bertz CT molecular complexity index is 912. The Morgan fingerprint density at radius 1 is 0.880 bits per heavy atom. The molecule has 0 aliphatic heterocycles. The van der Waals surface area contributed by atoms with Gasteiger partial charge in [0.15, 0.2) is 0 Å². The average molecular weight is 344 g/mol. The van der Waals surface area contributed by atoms with Crippen LogP contribution in [0.2, 0.25) is 5.02 Å². The fraction of sp³-hybridized carbons (Fsp3) is 0.0870. The zero-order valence-corrected chi connectivity index (χ0v) is 14.8. The van der Waals surface area contributed by atoms with Crippen LogP contribution in [0.15, 0.2) is 83.9 Å². The Morgan fingerprint density at radius 3 is 2.24 bits per heavy atom. The molecule has 2 heteroatoms. The molecule has 0 unspecified atom stereocenters. The zero-order chi connectivity index (χ0) is 17.5. The van der Waals surface area contributed by atoms with Gasteiger partial charge < -0.3 is 0 Å². The topological polar surface area (TPSA) is 12.4 Å². The lowest BCUT2D eigenvalue weighted by atomic mass is 10.1. The van der Waals surface area contributed by atoms with Crippen LogP contribution in [0.4, 0.5) is 0 Å². The molecule has 0 aromatic heterocycles. The molecule has 3 rings (SSSR count). The molecular formula is C23H18ClN. The molecule has 0 spiro atoms. The fourth-order valence-corrected chi connectivity index (χ4v) is 2.45. The van der Waals surface area contributed by atoms with Crippen molar-refractivity contribution in [2.75, 3.05) is 0 Å². The molecule has 0 fully saturated rings. The lowest BCUT2D eigenvalue weighted by Gasteiger charge is -2.02. The fourth-order valence-electron chi connectivity index (χ4n) is 2.33. The van der Waals surface area contributed by atoms with E-state index >= 15 is 0 Å². The van der Waals surface area contributed by atoms with Gasteiger partial charge in [-0.25, -0.2) is 0 Å². The molecule has 0 atom stereocenters. The van der Waals surface area contributed by atoms with Gasteiger partial charge in [-0.2, -0.15) is 0 Å². The Kier molecular flexibility index (Phi) is 5.67. The summed E-state index contributed by atoms with van der Waals surface area (Å²) in [6, 6.07) is 26.0. The Hall–Kier alpha value is -2.82. The number of hydrogen-bond donors (Lipinski definition) is 0. The predicted molar refractivity (Wildman–Crippen MR) is 106 cm³/mol. The largest absolute Gasteiger partial charge is 0.271 e. The first-order valence-corrected chi connectivity index (χ1v) is 8.51. The summed E-state index contributed by atoms with van der Waals surface area (Å²) < 4.78 is 0. The molecule has 0 radical (unpaired) electrons. The van der Waals surface area contributed by atoms with Crippen molar-refractivity contribution in [3.8, 4) is 11.8 Å². The highest BCUT2D eigenvalue weighted by Crippen LogP contribution is 2.12. The number of benzene rings is 3. The highest BCUT2D eigenvalue weighted by Gasteiger charge is 2.01. The zero-order valence-electron chi connectivity index (χ0n) is 14.0. The van der Waals surface area contributed by atoms with Crippen molar-refractivity contribution in [3.63, 3.8) is 0 Å². The van der Waals surface area contributed by atoms with Crippen LogP contribution in [0.25, 0.3) is 0 Å². The maximum atomic E-state index is 6.00. The highest BCUT2D eigenvalue weighted by atomic mass is 35.5. The van der Waals surface area contributed by atoms with Crippen LogP contribution < -0.4 is 0 Å². The molecule has 3 aromatic carbocycles. The minimum atomic E-state index is 0.599. The van der Waals surface area contributed by atoms with Gasteiger partial charge in [0.25, 0.3) is 0 Å². The first-order valence-electron chi connectivity index (χ1n) is 8.14. The van der Waals surface area contributed by atoms with Crippen LogP contribution in [-0.2, 0) is 6.54 Å². The average Bonchev–Trinajstić information content (AvgIpc) is 2.65. The molecule has 122 valence electrons. The van der Waals surface area contributed by atoms with E-state index in [9.17, 15) is 0 Å². The molecule has 0 saturated heterocycles. The quantitative estimate of drug-likeness (QED) is 0.428.